The van der Waals surface area contributed by atoms with Gasteiger partial charge in [-0.1, -0.05) is 42.5 Å². The van der Waals surface area contributed by atoms with Crippen molar-refractivity contribution < 1.29 is 5.11 Å². The number of phenolic OH excluding ortho intramolecular Hbond substituents is 1. The van der Waals surface area contributed by atoms with Gasteiger partial charge in [0, 0.05) is 19.6 Å². The van der Waals surface area contributed by atoms with Gasteiger partial charge in [-0.2, -0.15) is 0 Å². The minimum absolute atomic E-state index is 0.352. The molecular formula is C22H30N2O. The van der Waals surface area contributed by atoms with Crippen molar-refractivity contribution in [3.63, 3.8) is 0 Å². The van der Waals surface area contributed by atoms with Crippen LogP contribution in [0.15, 0.2) is 54.6 Å². The average molecular weight is 338 g/mol. The van der Waals surface area contributed by atoms with E-state index < -0.39 is 0 Å². The standard InChI is InChI=1S/C22H30N2O/c25-22-11-9-21(10-12-22)13-17-24-16-5-15-23(18-19-24)14-4-8-20-6-2-1-3-7-20/h1-3,6-7,9-12,25H,4-5,8,13-19H2. The summed E-state index contributed by atoms with van der Waals surface area (Å²) in [6.45, 7) is 7.11. The van der Waals surface area contributed by atoms with Gasteiger partial charge in [-0.25, -0.2) is 0 Å². The van der Waals surface area contributed by atoms with Crippen molar-refractivity contribution in [3.8, 4) is 5.75 Å². The highest BCUT2D eigenvalue weighted by molar-refractivity contribution is 5.26. The van der Waals surface area contributed by atoms with Crippen molar-refractivity contribution in [2.24, 2.45) is 0 Å². The highest BCUT2D eigenvalue weighted by Gasteiger charge is 2.14. The number of hydrogen-bond acceptors (Lipinski definition) is 3. The molecule has 1 aliphatic heterocycles. The minimum atomic E-state index is 0.352. The minimum Gasteiger partial charge on any atom is -0.508 e. The Labute approximate surface area is 151 Å². The third-order valence-corrected chi connectivity index (χ3v) is 5.12. The fourth-order valence-electron chi connectivity index (χ4n) is 3.57. The van der Waals surface area contributed by atoms with E-state index in [0.29, 0.717) is 5.75 Å². The highest BCUT2D eigenvalue weighted by atomic mass is 16.3. The van der Waals surface area contributed by atoms with Gasteiger partial charge in [0.2, 0.25) is 0 Å². The predicted octanol–water partition coefficient (Wildman–Crippen LogP) is 3.58. The van der Waals surface area contributed by atoms with Crippen LogP contribution < -0.4 is 0 Å². The van der Waals surface area contributed by atoms with E-state index in [1.807, 2.05) is 12.1 Å². The summed E-state index contributed by atoms with van der Waals surface area (Å²) in [5.74, 6) is 0.352. The number of benzene rings is 2. The van der Waals surface area contributed by atoms with Crippen molar-refractivity contribution in [1.82, 2.24) is 9.80 Å². The molecule has 25 heavy (non-hydrogen) atoms. The van der Waals surface area contributed by atoms with E-state index >= 15 is 0 Å². The van der Waals surface area contributed by atoms with Gasteiger partial charge in [-0.3, -0.25) is 0 Å². The van der Waals surface area contributed by atoms with Crippen LogP contribution in [0.3, 0.4) is 0 Å². The maximum absolute atomic E-state index is 9.37. The van der Waals surface area contributed by atoms with Gasteiger partial charge in [0.15, 0.2) is 0 Å². The predicted molar refractivity (Wildman–Crippen MR) is 104 cm³/mol. The second-order valence-electron chi connectivity index (χ2n) is 7.04. The highest BCUT2D eigenvalue weighted by Crippen LogP contribution is 2.12. The SMILES string of the molecule is Oc1ccc(CCN2CCCN(CCCc3ccccc3)CC2)cc1. The Morgan fingerprint density at radius 1 is 0.680 bits per heavy atom. The summed E-state index contributed by atoms with van der Waals surface area (Å²) in [6.07, 6.45) is 4.76. The molecule has 2 aromatic rings. The maximum atomic E-state index is 9.37. The first-order chi connectivity index (χ1) is 12.3. The van der Waals surface area contributed by atoms with Crippen LogP contribution in [0.25, 0.3) is 0 Å². The Balaban J connectivity index is 1.36. The van der Waals surface area contributed by atoms with E-state index in [1.165, 1.54) is 63.1 Å². The van der Waals surface area contributed by atoms with Gasteiger partial charge in [-0.15, -0.1) is 0 Å². The molecule has 1 N–H and O–H groups in total. The number of rotatable bonds is 7. The van der Waals surface area contributed by atoms with Crippen LogP contribution in [0, 0.1) is 0 Å². The van der Waals surface area contributed by atoms with Crippen molar-refractivity contribution in [1.29, 1.82) is 0 Å². The summed E-state index contributed by atoms with van der Waals surface area (Å²) < 4.78 is 0. The molecule has 134 valence electrons. The lowest BCUT2D eigenvalue weighted by Crippen LogP contribution is -2.32. The molecule has 3 nitrogen and oxygen atoms in total. The second kappa shape index (κ2) is 9.59. The van der Waals surface area contributed by atoms with Crippen LogP contribution in [0.1, 0.15) is 24.0 Å². The molecule has 0 bridgehead atoms. The summed E-state index contributed by atoms with van der Waals surface area (Å²) in [4.78, 5) is 5.22. The Kier molecular flexibility index (Phi) is 6.89. The van der Waals surface area contributed by atoms with E-state index in [0.717, 1.165) is 13.0 Å². The van der Waals surface area contributed by atoms with Crippen molar-refractivity contribution in [2.45, 2.75) is 25.7 Å². The van der Waals surface area contributed by atoms with E-state index in [1.54, 1.807) is 12.1 Å². The number of phenols is 1. The Morgan fingerprint density at radius 2 is 1.32 bits per heavy atom. The van der Waals surface area contributed by atoms with Crippen LogP contribution in [-0.4, -0.2) is 54.2 Å². The van der Waals surface area contributed by atoms with Gasteiger partial charge in [0.05, 0.1) is 0 Å². The molecule has 0 aliphatic carbocycles. The van der Waals surface area contributed by atoms with Crippen molar-refractivity contribution in [3.05, 3.63) is 65.7 Å². The lowest BCUT2D eigenvalue weighted by Gasteiger charge is -2.21. The van der Waals surface area contributed by atoms with Crippen LogP contribution in [0.2, 0.25) is 0 Å². The van der Waals surface area contributed by atoms with Gasteiger partial charge in [0.25, 0.3) is 0 Å². The fourth-order valence-corrected chi connectivity index (χ4v) is 3.57. The van der Waals surface area contributed by atoms with Crippen LogP contribution >= 0.6 is 0 Å². The smallest absolute Gasteiger partial charge is 0.115 e. The number of hydrogen-bond donors (Lipinski definition) is 1. The lowest BCUT2D eigenvalue weighted by atomic mass is 10.1. The lowest BCUT2D eigenvalue weighted by molar-refractivity contribution is 0.256. The third-order valence-electron chi connectivity index (χ3n) is 5.12. The summed E-state index contributed by atoms with van der Waals surface area (Å²) in [5.41, 5.74) is 2.76. The first-order valence-electron chi connectivity index (χ1n) is 9.56. The number of aryl methyl sites for hydroxylation is 1. The van der Waals surface area contributed by atoms with Crippen LogP contribution in [0.5, 0.6) is 5.75 Å². The van der Waals surface area contributed by atoms with E-state index in [9.17, 15) is 5.11 Å². The van der Waals surface area contributed by atoms with Gasteiger partial charge in [0.1, 0.15) is 5.75 Å². The molecule has 2 aromatic carbocycles. The molecular weight excluding hydrogens is 308 g/mol. The largest absolute Gasteiger partial charge is 0.508 e. The molecule has 0 amide bonds. The molecule has 1 fully saturated rings. The quantitative estimate of drug-likeness (QED) is 0.836. The van der Waals surface area contributed by atoms with E-state index in [-0.39, 0.29) is 0 Å². The van der Waals surface area contributed by atoms with Gasteiger partial charge in [-0.05, 0) is 68.6 Å². The molecule has 0 saturated carbocycles. The molecule has 3 heteroatoms. The first-order valence-corrected chi connectivity index (χ1v) is 9.56. The zero-order chi connectivity index (χ0) is 17.3. The molecule has 0 radical (unpaired) electrons. The zero-order valence-corrected chi connectivity index (χ0v) is 15.1. The summed E-state index contributed by atoms with van der Waals surface area (Å²) in [7, 11) is 0. The molecule has 3 rings (SSSR count). The summed E-state index contributed by atoms with van der Waals surface area (Å²) >= 11 is 0. The normalized spacial score (nSPS) is 16.6. The molecule has 0 spiro atoms. The van der Waals surface area contributed by atoms with Crippen LogP contribution in [0.4, 0.5) is 0 Å². The Hall–Kier alpha value is -1.84. The van der Waals surface area contributed by atoms with E-state index in [4.69, 9.17) is 0 Å². The molecule has 1 saturated heterocycles. The molecule has 0 aromatic heterocycles. The summed E-state index contributed by atoms with van der Waals surface area (Å²) in [6, 6.07) is 18.4. The fraction of sp³-hybridized carbons (Fsp3) is 0.455. The Bertz CT molecular complexity index is 612. The Morgan fingerprint density at radius 3 is 2.04 bits per heavy atom. The first kappa shape index (κ1) is 18.0. The molecule has 0 unspecified atom stereocenters. The average Bonchev–Trinajstić information content (AvgIpc) is 2.88. The topological polar surface area (TPSA) is 26.7 Å². The van der Waals surface area contributed by atoms with Gasteiger partial charge < -0.3 is 14.9 Å². The molecule has 1 aliphatic rings. The number of aromatic hydroxyl groups is 1. The molecule has 1 heterocycles. The zero-order valence-electron chi connectivity index (χ0n) is 15.1. The summed E-state index contributed by atoms with van der Waals surface area (Å²) in [5, 5.41) is 9.37. The van der Waals surface area contributed by atoms with Crippen molar-refractivity contribution >= 4 is 0 Å². The molecule has 0 atom stereocenters. The monoisotopic (exact) mass is 338 g/mol. The van der Waals surface area contributed by atoms with Crippen LogP contribution in [-0.2, 0) is 12.8 Å². The third kappa shape index (κ3) is 6.18. The van der Waals surface area contributed by atoms with Gasteiger partial charge >= 0.3 is 0 Å². The van der Waals surface area contributed by atoms with E-state index in [2.05, 4.69) is 40.1 Å². The number of nitrogens with zero attached hydrogens (tertiary/aromatic N) is 2. The van der Waals surface area contributed by atoms with Crippen molar-refractivity contribution in [2.75, 3.05) is 39.3 Å². The second-order valence-corrected chi connectivity index (χ2v) is 7.04. The maximum Gasteiger partial charge on any atom is 0.115 e.